The third-order valence-corrected chi connectivity index (χ3v) is 4.69. The van der Waals surface area contributed by atoms with Crippen molar-refractivity contribution in [1.29, 1.82) is 0 Å². The van der Waals surface area contributed by atoms with Gasteiger partial charge in [-0.15, -0.1) is 0 Å². The number of ether oxygens (including phenoxy) is 1. The van der Waals surface area contributed by atoms with Gasteiger partial charge in [0.05, 0.1) is 7.11 Å². The summed E-state index contributed by atoms with van der Waals surface area (Å²) in [4.78, 5) is 11.5. The fourth-order valence-corrected chi connectivity index (χ4v) is 2.82. The summed E-state index contributed by atoms with van der Waals surface area (Å²) < 4.78 is 5.26. The molecule has 24 heavy (non-hydrogen) atoms. The fraction of sp³-hybridized carbons (Fsp3) is 0.500. The van der Waals surface area contributed by atoms with E-state index in [0.717, 1.165) is 49.7 Å². The van der Waals surface area contributed by atoms with E-state index in [4.69, 9.17) is 4.74 Å². The molecule has 1 unspecified atom stereocenters. The summed E-state index contributed by atoms with van der Waals surface area (Å²) in [6.07, 6.45) is 8.52. The number of allylic oxidation sites excluding steroid dienone is 4. The Morgan fingerprint density at radius 1 is 1.12 bits per heavy atom. The minimum absolute atomic E-state index is 0.0652. The van der Waals surface area contributed by atoms with E-state index in [0.29, 0.717) is 0 Å². The Morgan fingerprint density at radius 3 is 2.46 bits per heavy atom. The molecule has 0 aliphatic rings. The van der Waals surface area contributed by atoms with E-state index in [2.05, 4.69) is 33.8 Å². The van der Waals surface area contributed by atoms with Crippen LogP contribution in [0.15, 0.2) is 47.1 Å². The smallest absolute Gasteiger partial charge is 0.127 e. The summed E-state index contributed by atoms with van der Waals surface area (Å²) in [7, 11) is 1.65. The molecule has 0 aliphatic carbocycles. The van der Waals surface area contributed by atoms with Crippen molar-refractivity contribution in [2.45, 2.75) is 65.7 Å². The van der Waals surface area contributed by atoms with Gasteiger partial charge in [-0.2, -0.15) is 0 Å². The average molecular weight is 328 g/mol. The van der Waals surface area contributed by atoms with E-state index in [-0.39, 0.29) is 5.92 Å². The lowest BCUT2D eigenvalue weighted by atomic mass is 9.91. The Morgan fingerprint density at radius 2 is 1.83 bits per heavy atom. The predicted molar refractivity (Wildman–Crippen MR) is 103 cm³/mol. The van der Waals surface area contributed by atoms with E-state index in [1.165, 1.54) is 16.7 Å². The first-order valence-electron chi connectivity index (χ1n) is 8.91. The van der Waals surface area contributed by atoms with Gasteiger partial charge >= 0.3 is 0 Å². The van der Waals surface area contributed by atoms with Crippen LogP contribution in [0.2, 0.25) is 0 Å². The molecule has 0 radical (unpaired) electrons. The second-order valence-electron chi connectivity index (χ2n) is 6.58. The van der Waals surface area contributed by atoms with Gasteiger partial charge in [-0.25, -0.2) is 0 Å². The lowest BCUT2D eigenvalue weighted by Crippen LogP contribution is -2.02. The van der Waals surface area contributed by atoms with Crippen LogP contribution < -0.4 is 4.74 Å². The molecule has 1 atom stereocenters. The van der Waals surface area contributed by atoms with Gasteiger partial charge in [-0.05, 0) is 70.6 Å². The fourth-order valence-electron chi connectivity index (χ4n) is 2.82. The van der Waals surface area contributed by atoms with Crippen LogP contribution in [0.25, 0.3) is 0 Å². The highest BCUT2D eigenvalue weighted by atomic mass is 16.5. The highest BCUT2D eigenvalue weighted by molar-refractivity contribution is 5.62. The molecule has 0 saturated heterocycles. The highest BCUT2D eigenvalue weighted by Gasteiger charge is 2.12. The summed E-state index contributed by atoms with van der Waals surface area (Å²) in [6.45, 7) is 8.80. The van der Waals surface area contributed by atoms with Gasteiger partial charge in [-0.1, -0.05) is 41.9 Å². The van der Waals surface area contributed by atoms with Crippen LogP contribution in [0.4, 0.5) is 0 Å². The first-order chi connectivity index (χ1) is 11.5. The monoisotopic (exact) mass is 328 g/mol. The molecule has 0 aromatic heterocycles. The zero-order chi connectivity index (χ0) is 17.9. The van der Waals surface area contributed by atoms with E-state index in [9.17, 15) is 4.79 Å². The van der Waals surface area contributed by atoms with Crippen LogP contribution >= 0.6 is 0 Å². The molecule has 1 rings (SSSR count). The van der Waals surface area contributed by atoms with Crippen LogP contribution in [-0.4, -0.2) is 13.4 Å². The number of hydrogen-bond acceptors (Lipinski definition) is 2. The van der Waals surface area contributed by atoms with Crippen molar-refractivity contribution < 1.29 is 9.53 Å². The maximum absolute atomic E-state index is 11.5. The van der Waals surface area contributed by atoms with Crippen LogP contribution in [0.5, 0.6) is 5.75 Å². The molecular formula is C22H32O2. The number of hydrogen-bond donors (Lipinski definition) is 0. The zero-order valence-corrected chi connectivity index (χ0v) is 15.9. The lowest BCUT2D eigenvalue weighted by molar-refractivity contribution is -0.109. The molecule has 2 nitrogen and oxygen atoms in total. The summed E-state index contributed by atoms with van der Waals surface area (Å²) in [6, 6.07) is 7.82. The summed E-state index contributed by atoms with van der Waals surface area (Å²) in [5, 5.41) is 0. The maximum Gasteiger partial charge on any atom is 0.127 e. The lowest BCUT2D eigenvalue weighted by Gasteiger charge is -2.14. The molecule has 1 aromatic rings. The third-order valence-electron chi connectivity index (χ3n) is 4.69. The number of rotatable bonds is 10. The minimum atomic E-state index is -0.0652. The van der Waals surface area contributed by atoms with E-state index >= 15 is 0 Å². The van der Waals surface area contributed by atoms with E-state index in [1.54, 1.807) is 7.11 Å². The van der Waals surface area contributed by atoms with Crippen molar-refractivity contribution in [3.8, 4) is 5.75 Å². The Hall–Kier alpha value is -1.83. The standard InChI is InChI=1S/C22H32O2/c1-6-8-17(2)11-12-18(3)19(4)13-14-21(16-23)20-9-7-10-22(15-20)24-5/h7-10,15-16,21H,6,11-14H2,1-5H3/b17-8+,19-18+. The van der Waals surface area contributed by atoms with Crippen LogP contribution in [0, 0.1) is 0 Å². The van der Waals surface area contributed by atoms with Gasteiger partial charge in [0, 0.05) is 5.92 Å². The number of carbonyl (C=O) groups excluding carboxylic acids is 1. The molecule has 0 amide bonds. The van der Waals surface area contributed by atoms with Gasteiger partial charge in [0.1, 0.15) is 12.0 Å². The third kappa shape index (κ3) is 6.74. The molecule has 0 spiro atoms. The van der Waals surface area contributed by atoms with Crippen molar-refractivity contribution in [3.05, 3.63) is 52.6 Å². The minimum Gasteiger partial charge on any atom is -0.497 e. The first kappa shape index (κ1) is 20.2. The molecule has 0 fully saturated rings. The maximum atomic E-state index is 11.5. The second-order valence-corrected chi connectivity index (χ2v) is 6.58. The number of aldehydes is 1. The van der Waals surface area contributed by atoms with Crippen molar-refractivity contribution in [2.24, 2.45) is 0 Å². The van der Waals surface area contributed by atoms with Crippen molar-refractivity contribution in [1.82, 2.24) is 0 Å². The van der Waals surface area contributed by atoms with Gasteiger partial charge in [-0.3, -0.25) is 0 Å². The van der Waals surface area contributed by atoms with Crippen molar-refractivity contribution in [2.75, 3.05) is 7.11 Å². The van der Waals surface area contributed by atoms with E-state index < -0.39 is 0 Å². The summed E-state index contributed by atoms with van der Waals surface area (Å²) in [5.41, 5.74) is 5.37. The van der Waals surface area contributed by atoms with Gasteiger partial charge in [0.15, 0.2) is 0 Å². The zero-order valence-electron chi connectivity index (χ0n) is 15.9. The van der Waals surface area contributed by atoms with Gasteiger partial charge in [0.25, 0.3) is 0 Å². The molecular weight excluding hydrogens is 296 g/mol. The van der Waals surface area contributed by atoms with E-state index in [1.807, 2.05) is 24.3 Å². The highest BCUT2D eigenvalue weighted by Crippen LogP contribution is 2.26. The van der Waals surface area contributed by atoms with Crippen LogP contribution in [0.3, 0.4) is 0 Å². The number of carbonyl (C=O) groups is 1. The van der Waals surface area contributed by atoms with Crippen molar-refractivity contribution in [3.63, 3.8) is 0 Å². The molecule has 2 heteroatoms. The molecule has 0 bridgehead atoms. The SMILES string of the molecule is CC/C=C(\C)CC/C(C)=C(\C)CCC(C=O)c1cccc(OC)c1. The predicted octanol–water partition coefficient (Wildman–Crippen LogP) is 6.23. The van der Waals surface area contributed by atoms with Gasteiger partial charge in [0.2, 0.25) is 0 Å². The molecule has 0 N–H and O–H groups in total. The Kier molecular flexibility index (Phi) is 9.14. The number of methoxy groups -OCH3 is 1. The Labute approximate surface area is 147 Å². The van der Waals surface area contributed by atoms with Gasteiger partial charge < -0.3 is 9.53 Å². The molecule has 1 aromatic carbocycles. The molecule has 0 aliphatic heterocycles. The molecule has 0 saturated carbocycles. The molecule has 132 valence electrons. The Balaban J connectivity index is 2.65. The van der Waals surface area contributed by atoms with Crippen molar-refractivity contribution >= 4 is 6.29 Å². The largest absolute Gasteiger partial charge is 0.497 e. The number of benzene rings is 1. The normalized spacial score (nSPS) is 14.1. The van der Waals surface area contributed by atoms with Crippen LogP contribution in [0.1, 0.15) is 71.3 Å². The van der Waals surface area contributed by atoms with Crippen LogP contribution in [-0.2, 0) is 4.79 Å². The first-order valence-corrected chi connectivity index (χ1v) is 8.91. The Bertz CT molecular complexity index is 581. The molecule has 0 heterocycles. The summed E-state index contributed by atoms with van der Waals surface area (Å²) in [5.74, 6) is 0.741. The topological polar surface area (TPSA) is 26.3 Å². The summed E-state index contributed by atoms with van der Waals surface area (Å²) >= 11 is 0. The quantitative estimate of drug-likeness (QED) is 0.376. The average Bonchev–Trinajstić information content (AvgIpc) is 2.60. The second kappa shape index (κ2) is 10.9.